The second-order valence-corrected chi connectivity index (χ2v) is 14.4. The molecule has 1 aliphatic carbocycles. The lowest BCUT2D eigenvalue weighted by molar-refractivity contribution is -0.135. The SMILES string of the molecule is Cc1cccc(C(=O)NC2(C)CC=C(C(=O)N[C@H](C(=O)N(C)Cc3ccc(F)cc3)c3ccccc3)CC2)c1-c1ccc(C(C)(C)C)cc1. The molecule has 1 aliphatic rings. The summed E-state index contributed by atoms with van der Waals surface area (Å²) in [6.07, 6.45) is 3.35. The van der Waals surface area contributed by atoms with Crippen molar-refractivity contribution in [3.8, 4) is 11.1 Å². The van der Waals surface area contributed by atoms with Crippen LogP contribution in [0, 0.1) is 12.7 Å². The number of carbonyl (C=O) groups is 3. The van der Waals surface area contributed by atoms with Gasteiger partial charge < -0.3 is 15.5 Å². The normalized spacial score (nSPS) is 16.7. The molecule has 4 aromatic rings. The van der Waals surface area contributed by atoms with Crippen molar-refractivity contribution in [3.63, 3.8) is 0 Å². The van der Waals surface area contributed by atoms with Crippen LogP contribution in [-0.4, -0.2) is 35.2 Å². The van der Waals surface area contributed by atoms with Crippen LogP contribution in [-0.2, 0) is 21.5 Å². The van der Waals surface area contributed by atoms with Crippen LogP contribution in [0.1, 0.15) is 85.6 Å². The quantitative estimate of drug-likeness (QED) is 0.190. The molecule has 2 atom stereocenters. The van der Waals surface area contributed by atoms with Gasteiger partial charge in [-0.15, -0.1) is 0 Å². The molecule has 0 fully saturated rings. The van der Waals surface area contributed by atoms with E-state index in [9.17, 15) is 18.8 Å². The van der Waals surface area contributed by atoms with E-state index in [2.05, 4.69) is 55.7 Å². The molecule has 1 unspecified atom stereocenters. The number of aryl methyl sites for hydroxylation is 1. The van der Waals surface area contributed by atoms with E-state index in [1.54, 1.807) is 19.2 Å². The average Bonchev–Trinajstić information content (AvgIpc) is 3.08. The monoisotopic (exact) mass is 659 g/mol. The highest BCUT2D eigenvalue weighted by molar-refractivity contribution is 6.02. The van der Waals surface area contributed by atoms with Crippen molar-refractivity contribution in [2.75, 3.05) is 7.05 Å². The molecule has 3 amide bonds. The highest BCUT2D eigenvalue weighted by atomic mass is 19.1. The van der Waals surface area contributed by atoms with Gasteiger partial charge in [0.15, 0.2) is 0 Å². The molecular weight excluding hydrogens is 613 g/mol. The van der Waals surface area contributed by atoms with Crippen molar-refractivity contribution in [1.29, 1.82) is 0 Å². The third-order valence-electron chi connectivity index (χ3n) is 9.37. The van der Waals surface area contributed by atoms with Crippen molar-refractivity contribution in [1.82, 2.24) is 15.5 Å². The van der Waals surface area contributed by atoms with Gasteiger partial charge in [0.25, 0.3) is 5.91 Å². The lowest BCUT2D eigenvalue weighted by atomic mass is 9.83. The molecule has 4 aromatic carbocycles. The topological polar surface area (TPSA) is 78.5 Å². The Kier molecular flexibility index (Phi) is 10.5. The predicted octanol–water partition coefficient (Wildman–Crippen LogP) is 8.21. The molecule has 254 valence electrons. The van der Waals surface area contributed by atoms with E-state index in [0.29, 0.717) is 36.0 Å². The number of hydrogen-bond donors (Lipinski definition) is 2. The van der Waals surface area contributed by atoms with Crippen LogP contribution in [0.2, 0.25) is 0 Å². The number of carbonyl (C=O) groups excluding carboxylic acids is 3. The van der Waals surface area contributed by atoms with Crippen molar-refractivity contribution in [2.24, 2.45) is 0 Å². The van der Waals surface area contributed by atoms with E-state index in [1.807, 2.05) is 68.5 Å². The van der Waals surface area contributed by atoms with Crippen LogP contribution < -0.4 is 10.6 Å². The molecule has 0 radical (unpaired) electrons. The highest BCUT2D eigenvalue weighted by Gasteiger charge is 2.33. The van der Waals surface area contributed by atoms with Crippen molar-refractivity contribution < 1.29 is 18.8 Å². The van der Waals surface area contributed by atoms with E-state index in [1.165, 1.54) is 22.6 Å². The summed E-state index contributed by atoms with van der Waals surface area (Å²) in [5.41, 5.74) is 6.29. The lowest BCUT2D eigenvalue weighted by Crippen LogP contribution is -2.48. The zero-order valence-corrected chi connectivity index (χ0v) is 29.3. The first-order valence-corrected chi connectivity index (χ1v) is 16.8. The predicted molar refractivity (Wildman–Crippen MR) is 193 cm³/mol. The van der Waals surface area contributed by atoms with E-state index in [4.69, 9.17) is 0 Å². The maximum absolute atomic E-state index is 13.8. The lowest BCUT2D eigenvalue weighted by Gasteiger charge is -2.34. The molecule has 0 saturated heterocycles. The van der Waals surface area contributed by atoms with Gasteiger partial charge in [0.05, 0.1) is 0 Å². The van der Waals surface area contributed by atoms with Crippen LogP contribution in [0.3, 0.4) is 0 Å². The van der Waals surface area contributed by atoms with E-state index < -0.39 is 11.6 Å². The maximum atomic E-state index is 13.8. The highest BCUT2D eigenvalue weighted by Crippen LogP contribution is 2.33. The van der Waals surface area contributed by atoms with Gasteiger partial charge in [-0.05, 0) is 90.1 Å². The number of halogens is 1. The summed E-state index contributed by atoms with van der Waals surface area (Å²) in [5.74, 6) is -1.09. The third-order valence-corrected chi connectivity index (χ3v) is 9.37. The standard InChI is InChI=1S/C42H46FN3O3/c1-28-11-10-14-35(36(28)30-17-19-33(20-18-30)41(2,3)4)39(48)45-42(5)25-23-32(24-26-42)38(47)44-37(31-12-8-7-9-13-31)40(49)46(6)27-29-15-21-34(43)22-16-29/h7-23,37H,24-27H2,1-6H3,(H,44,47)(H,45,48)/t37-,42?/m0/s1. The van der Waals surface area contributed by atoms with Gasteiger partial charge in [-0.2, -0.15) is 0 Å². The van der Waals surface area contributed by atoms with Crippen LogP contribution in [0.25, 0.3) is 11.1 Å². The number of nitrogens with one attached hydrogen (secondary N) is 2. The van der Waals surface area contributed by atoms with E-state index in [-0.39, 0.29) is 35.5 Å². The molecule has 5 rings (SSSR count). The number of nitrogens with zero attached hydrogens (tertiary/aromatic N) is 1. The Morgan fingerprint density at radius 1 is 0.878 bits per heavy atom. The molecule has 6 nitrogen and oxygen atoms in total. The van der Waals surface area contributed by atoms with Crippen molar-refractivity contribution in [3.05, 3.63) is 142 Å². The Morgan fingerprint density at radius 2 is 1.55 bits per heavy atom. The molecule has 0 heterocycles. The molecule has 2 N–H and O–H groups in total. The largest absolute Gasteiger partial charge is 0.347 e. The summed E-state index contributed by atoms with van der Waals surface area (Å²) >= 11 is 0. The zero-order chi connectivity index (χ0) is 35.3. The minimum Gasteiger partial charge on any atom is -0.347 e. The zero-order valence-electron chi connectivity index (χ0n) is 29.3. The first-order chi connectivity index (χ1) is 23.2. The Hall–Kier alpha value is -5.04. The van der Waals surface area contributed by atoms with Gasteiger partial charge >= 0.3 is 0 Å². The molecule has 7 heteroatoms. The summed E-state index contributed by atoms with van der Waals surface area (Å²) in [6.45, 7) is 10.8. The number of hydrogen-bond acceptors (Lipinski definition) is 3. The number of benzene rings is 4. The second kappa shape index (κ2) is 14.6. The summed E-state index contributed by atoms with van der Waals surface area (Å²) < 4.78 is 13.4. The Morgan fingerprint density at radius 3 is 2.16 bits per heavy atom. The summed E-state index contributed by atoms with van der Waals surface area (Å²) in [6, 6.07) is 28.5. The van der Waals surface area contributed by atoms with Gasteiger partial charge in [-0.3, -0.25) is 14.4 Å². The summed E-state index contributed by atoms with van der Waals surface area (Å²) in [4.78, 5) is 42.6. The average molecular weight is 660 g/mol. The van der Waals surface area contributed by atoms with E-state index in [0.717, 1.165) is 22.3 Å². The molecular formula is C42H46FN3O3. The van der Waals surface area contributed by atoms with Crippen LogP contribution in [0.4, 0.5) is 4.39 Å². The van der Waals surface area contributed by atoms with Gasteiger partial charge in [0.2, 0.25) is 11.8 Å². The van der Waals surface area contributed by atoms with Crippen LogP contribution in [0.15, 0.2) is 109 Å². The molecule has 0 aromatic heterocycles. The Bertz CT molecular complexity index is 1840. The molecule has 0 aliphatic heterocycles. The molecule has 49 heavy (non-hydrogen) atoms. The summed E-state index contributed by atoms with van der Waals surface area (Å²) in [7, 11) is 1.67. The van der Waals surface area contributed by atoms with Crippen molar-refractivity contribution >= 4 is 17.7 Å². The Labute approximate surface area is 289 Å². The minimum absolute atomic E-state index is 0.0306. The smallest absolute Gasteiger partial charge is 0.252 e. The third kappa shape index (κ3) is 8.52. The van der Waals surface area contributed by atoms with E-state index >= 15 is 0 Å². The van der Waals surface area contributed by atoms with Gasteiger partial charge in [0.1, 0.15) is 11.9 Å². The Balaban J connectivity index is 1.29. The fourth-order valence-electron chi connectivity index (χ4n) is 6.32. The molecule has 0 saturated carbocycles. The number of amides is 3. The first kappa shape index (κ1) is 35.3. The second-order valence-electron chi connectivity index (χ2n) is 14.4. The fourth-order valence-corrected chi connectivity index (χ4v) is 6.32. The fraction of sp³-hybridized carbons (Fsp3) is 0.310. The summed E-state index contributed by atoms with van der Waals surface area (Å²) in [5, 5.41) is 6.24. The number of likely N-dealkylation sites (N-methyl/N-ethyl adjacent to an activating group) is 1. The van der Waals surface area contributed by atoms with Gasteiger partial charge in [-0.25, -0.2) is 4.39 Å². The first-order valence-electron chi connectivity index (χ1n) is 16.8. The molecule has 0 bridgehead atoms. The maximum Gasteiger partial charge on any atom is 0.252 e. The number of rotatable bonds is 9. The van der Waals surface area contributed by atoms with Crippen molar-refractivity contribution in [2.45, 2.75) is 77.4 Å². The van der Waals surface area contributed by atoms with Gasteiger partial charge in [-0.1, -0.05) is 106 Å². The minimum atomic E-state index is -0.898. The molecule has 0 spiro atoms. The van der Waals surface area contributed by atoms with Crippen LogP contribution >= 0.6 is 0 Å². The van der Waals surface area contributed by atoms with Gasteiger partial charge in [0, 0.05) is 30.3 Å². The van der Waals surface area contributed by atoms with Crippen LogP contribution in [0.5, 0.6) is 0 Å².